The zero-order valence-electron chi connectivity index (χ0n) is 17.0. The SMILES string of the molecule is CCOC(=O)C1=C(C)NC(CO)=C(C(=O)OCCOC)C1c1cccc([N+](=O)[O-])c1. The van der Waals surface area contributed by atoms with Crippen LogP contribution in [0.25, 0.3) is 0 Å². The van der Waals surface area contributed by atoms with E-state index in [-0.39, 0.29) is 42.4 Å². The number of nitro benzene ring substituents is 1. The van der Waals surface area contributed by atoms with Crippen LogP contribution in [0.3, 0.4) is 0 Å². The summed E-state index contributed by atoms with van der Waals surface area (Å²) in [5, 5.41) is 24.0. The molecule has 10 nitrogen and oxygen atoms in total. The second kappa shape index (κ2) is 10.5. The van der Waals surface area contributed by atoms with Crippen LogP contribution < -0.4 is 5.32 Å². The van der Waals surface area contributed by atoms with Gasteiger partial charge in [-0.1, -0.05) is 12.1 Å². The molecule has 1 aliphatic heterocycles. The first kappa shape index (κ1) is 23.0. The van der Waals surface area contributed by atoms with Gasteiger partial charge in [-0.05, 0) is 19.4 Å². The fourth-order valence-electron chi connectivity index (χ4n) is 3.19. The number of aliphatic hydroxyl groups is 1. The van der Waals surface area contributed by atoms with Crippen LogP contribution in [0.2, 0.25) is 0 Å². The number of nitrogens with one attached hydrogen (secondary N) is 1. The van der Waals surface area contributed by atoms with Crippen molar-refractivity contribution >= 4 is 17.6 Å². The Morgan fingerprint density at radius 1 is 1.20 bits per heavy atom. The zero-order chi connectivity index (χ0) is 22.3. The van der Waals surface area contributed by atoms with Gasteiger partial charge in [0.15, 0.2) is 0 Å². The molecule has 0 bridgehead atoms. The van der Waals surface area contributed by atoms with Crippen molar-refractivity contribution in [2.45, 2.75) is 19.8 Å². The van der Waals surface area contributed by atoms with Crippen LogP contribution in [0.4, 0.5) is 5.69 Å². The van der Waals surface area contributed by atoms with Gasteiger partial charge in [-0.2, -0.15) is 0 Å². The number of ether oxygens (including phenoxy) is 3. The maximum Gasteiger partial charge on any atom is 0.336 e. The number of esters is 2. The molecule has 30 heavy (non-hydrogen) atoms. The second-order valence-electron chi connectivity index (χ2n) is 6.35. The van der Waals surface area contributed by atoms with Crippen LogP contribution in [-0.4, -0.2) is 55.5 Å². The topological polar surface area (TPSA) is 137 Å². The van der Waals surface area contributed by atoms with Crippen molar-refractivity contribution in [2.75, 3.05) is 33.5 Å². The van der Waals surface area contributed by atoms with Crippen molar-refractivity contribution < 1.29 is 33.8 Å². The van der Waals surface area contributed by atoms with Crippen LogP contribution >= 0.6 is 0 Å². The predicted octanol–water partition coefficient (Wildman–Crippen LogP) is 1.55. The third-order valence-electron chi connectivity index (χ3n) is 4.45. The van der Waals surface area contributed by atoms with E-state index in [0.717, 1.165) is 0 Å². The normalized spacial score (nSPS) is 16.2. The second-order valence-corrected chi connectivity index (χ2v) is 6.35. The monoisotopic (exact) mass is 420 g/mol. The minimum atomic E-state index is -1.03. The summed E-state index contributed by atoms with van der Waals surface area (Å²) < 4.78 is 15.3. The Hall–Kier alpha value is -3.24. The zero-order valence-corrected chi connectivity index (χ0v) is 17.0. The number of methoxy groups -OCH3 is 1. The van der Waals surface area contributed by atoms with Gasteiger partial charge in [-0.25, -0.2) is 9.59 Å². The molecule has 162 valence electrons. The number of rotatable bonds is 9. The third kappa shape index (κ3) is 5.02. The van der Waals surface area contributed by atoms with E-state index in [1.807, 2.05) is 0 Å². The third-order valence-corrected chi connectivity index (χ3v) is 4.45. The van der Waals surface area contributed by atoms with E-state index in [9.17, 15) is 24.8 Å². The molecule has 0 aromatic heterocycles. The largest absolute Gasteiger partial charge is 0.463 e. The molecule has 0 radical (unpaired) electrons. The number of carbonyl (C=O) groups excluding carboxylic acids is 2. The van der Waals surface area contributed by atoms with Gasteiger partial charge in [0, 0.05) is 24.9 Å². The summed E-state index contributed by atoms with van der Waals surface area (Å²) in [6, 6.07) is 5.60. The van der Waals surface area contributed by atoms with Gasteiger partial charge in [-0.15, -0.1) is 0 Å². The highest BCUT2D eigenvalue weighted by molar-refractivity contribution is 6.00. The molecule has 0 saturated carbocycles. The van der Waals surface area contributed by atoms with Gasteiger partial charge in [0.25, 0.3) is 5.69 Å². The Balaban J connectivity index is 2.65. The van der Waals surface area contributed by atoms with Gasteiger partial charge in [-0.3, -0.25) is 10.1 Å². The lowest BCUT2D eigenvalue weighted by atomic mass is 9.80. The molecular formula is C20H24N2O8. The van der Waals surface area contributed by atoms with E-state index in [1.165, 1.54) is 25.3 Å². The molecule has 1 aliphatic rings. The van der Waals surface area contributed by atoms with Crippen molar-refractivity contribution in [2.24, 2.45) is 0 Å². The fraction of sp³-hybridized carbons (Fsp3) is 0.400. The van der Waals surface area contributed by atoms with E-state index in [2.05, 4.69) is 5.32 Å². The summed E-state index contributed by atoms with van der Waals surface area (Å²) in [7, 11) is 1.45. The lowest BCUT2D eigenvalue weighted by Crippen LogP contribution is -2.34. The molecular weight excluding hydrogens is 396 g/mol. The highest BCUT2D eigenvalue weighted by atomic mass is 16.6. The van der Waals surface area contributed by atoms with Crippen molar-refractivity contribution in [3.05, 3.63) is 62.5 Å². The molecule has 1 aromatic carbocycles. The maximum atomic E-state index is 12.9. The minimum Gasteiger partial charge on any atom is -0.463 e. The van der Waals surface area contributed by atoms with Crippen molar-refractivity contribution in [3.8, 4) is 0 Å². The number of benzene rings is 1. The average molecular weight is 420 g/mol. The van der Waals surface area contributed by atoms with Crippen LogP contribution in [0.5, 0.6) is 0 Å². The molecule has 0 aliphatic carbocycles. The fourth-order valence-corrected chi connectivity index (χ4v) is 3.19. The molecule has 2 rings (SSSR count). The minimum absolute atomic E-state index is 0.0252. The summed E-state index contributed by atoms with van der Waals surface area (Å²) in [5.74, 6) is -2.49. The number of nitrogens with zero attached hydrogens (tertiary/aromatic N) is 1. The predicted molar refractivity (Wildman–Crippen MR) is 105 cm³/mol. The number of allylic oxidation sites excluding steroid dienone is 1. The van der Waals surface area contributed by atoms with Crippen LogP contribution in [0.15, 0.2) is 46.8 Å². The molecule has 1 atom stereocenters. The Morgan fingerprint density at radius 3 is 2.50 bits per heavy atom. The molecule has 0 amide bonds. The number of nitro groups is 1. The van der Waals surface area contributed by atoms with Crippen LogP contribution in [0.1, 0.15) is 25.3 Å². The molecule has 0 fully saturated rings. The molecule has 1 heterocycles. The van der Waals surface area contributed by atoms with Crippen LogP contribution in [-0.2, 0) is 23.8 Å². The van der Waals surface area contributed by atoms with Crippen molar-refractivity contribution in [3.63, 3.8) is 0 Å². The van der Waals surface area contributed by atoms with E-state index < -0.39 is 29.4 Å². The summed E-state index contributed by atoms with van der Waals surface area (Å²) in [5.41, 5.74) is 0.695. The van der Waals surface area contributed by atoms with Gasteiger partial charge in [0.05, 0.1) is 47.5 Å². The van der Waals surface area contributed by atoms with Crippen molar-refractivity contribution in [1.29, 1.82) is 0 Å². The van der Waals surface area contributed by atoms with E-state index in [4.69, 9.17) is 14.2 Å². The lowest BCUT2D eigenvalue weighted by molar-refractivity contribution is -0.384. The molecule has 10 heteroatoms. The molecule has 0 saturated heterocycles. The highest BCUT2D eigenvalue weighted by Crippen LogP contribution is 2.40. The quantitative estimate of drug-likeness (QED) is 0.264. The Morgan fingerprint density at radius 2 is 1.90 bits per heavy atom. The first-order chi connectivity index (χ1) is 14.3. The Bertz CT molecular complexity index is 891. The first-order valence-electron chi connectivity index (χ1n) is 9.24. The Labute approximate surface area is 173 Å². The van der Waals surface area contributed by atoms with Gasteiger partial charge < -0.3 is 24.6 Å². The summed E-state index contributed by atoms with van der Waals surface area (Å²) in [6.45, 7) is 2.91. The summed E-state index contributed by atoms with van der Waals surface area (Å²) in [4.78, 5) is 36.3. The van der Waals surface area contributed by atoms with Crippen LogP contribution in [0, 0.1) is 10.1 Å². The van der Waals surface area contributed by atoms with E-state index >= 15 is 0 Å². The summed E-state index contributed by atoms with van der Waals surface area (Å²) in [6.07, 6.45) is 0. The molecule has 2 N–H and O–H groups in total. The molecule has 0 spiro atoms. The number of non-ortho nitro benzene ring substituents is 1. The van der Waals surface area contributed by atoms with Gasteiger partial charge in [0.1, 0.15) is 6.61 Å². The maximum absolute atomic E-state index is 12.9. The van der Waals surface area contributed by atoms with Crippen molar-refractivity contribution in [1.82, 2.24) is 5.32 Å². The number of carbonyl (C=O) groups is 2. The standard InChI is InChI=1S/C20H24N2O8/c1-4-29-19(24)16-12(2)21-15(11-23)18(20(25)30-9-8-28-3)17(16)13-6-5-7-14(10-13)22(26)27/h5-7,10,17,21,23H,4,8-9,11H2,1-3H3. The van der Waals surface area contributed by atoms with E-state index in [0.29, 0.717) is 11.3 Å². The summed E-state index contributed by atoms with van der Waals surface area (Å²) >= 11 is 0. The average Bonchev–Trinajstić information content (AvgIpc) is 2.73. The van der Waals surface area contributed by atoms with Gasteiger partial charge in [0.2, 0.25) is 0 Å². The number of aliphatic hydroxyl groups excluding tert-OH is 1. The lowest BCUT2D eigenvalue weighted by Gasteiger charge is -2.31. The highest BCUT2D eigenvalue weighted by Gasteiger charge is 2.39. The molecule has 1 unspecified atom stereocenters. The van der Waals surface area contributed by atoms with E-state index in [1.54, 1.807) is 19.9 Å². The number of hydrogen-bond donors (Lipinski definition) is 2. The van der Waals surface area contributed by atoms with Gasteiger partial charge >= 0.3 is 11.9 Å². The smallest absolute Gasteiger partial charge is 0.336 e. The first-order valence-corrected chi connectivity index (χ1v) is 9.24. The number of hydrogen-bond acceptors (Lipinski definition) is 9. The number of dihydropyridines is 1. The molecule has 1 aromatic rings. The Kier molecular flexibility index (Phi) is 8.07.